The van der Waals surface area contributed by atoms with Crippen molar-refractivity contribution < 1.29 is 18.8 Å². The van der Waals surface area contributed by atoms with Crippen molar-refractivity contribution in [3.8, 4) is 11.4 Å². The Kier molecular flexibility index (Phi) is 7.49. The van der Waals surface area contributed by atoms with Crippen LogP contribution in [-0.4, -0.2) is 95.2 Å². The van der Waals surface area contributed by atoms with Gasteiger partial charge in [0.05, 0.1) is 19.3 Å². The minimum Gasteiger partial charge on any atom is -0.379 e. The Labute approximate surface area is 188 Å². The van der Waals surface area contributed by atoms with Crippen LogP contribution in [0, 0.1) is 0 Å². The number of amides is 2. The first-order valence-corrected chi connectivity index (χ1v) is 11.3. The molecule has 2 fully saturated rings. The summed E-state index contributed by atoms with van der Waals surface area (Å²) in [5, 5.41) is 4.01. The van der Waals surface area contributed by atoms with Crippen LogP contribution in [0.5, 0.6) is 0 Å². The molecule has 2 aliphatic rings. The molecule has 2 amide bonds. The summed E-state index contributed by atoms with van der Waals surface area (Å²) in [5.74, 6) is 1.12. The normalized spacial score (nSPS) is 19.3. The van der Waals surface area contributed by atoms with E-state index >= 15 is 0 Å². The number of rotatable bonds is 8. The second kappa shape index (κ2) is 10.7. The summed E-state index contributed by atoms with van der Waals surface area (Å²) in [6.07, 6.45) is 1.54. The van der Waals surface area contributed by atoms with Crippen molar-refractivity contribution in [2.75, 3.05) is 52.5 Å². The molecule has 4 rings (SSSR count). The molecule has 2 aromatic rings. The van der Waals surface area contributed by atoms with Gasteiger partial charge in [-0.3, -0.25) is 14.5 Å². The second-order valence-electron chi connectivity index (χ2n) is 8.33. The maximum absolute atomic E-state index is 12.7. The van der Waals surface area contributed by atoms with Crippen molar-refractivity contribution in [3.05, 3.63) is 36.2 Å². The summed E-state index contributed by atoms with van der Waals surface area (Å²) in [5.41, 5.74) is 0.887. The monoisotopic (exact) mass is 441 g/mol. The van der Waals surface area contributed by atoms with E-state index in [0.717, 1.165) is 44.8 Å². The first-order chi connectivity index (χ1) is 15.6. The summed E-state index contributed by atoms with van der Waals surface area (Å²) in [7, 11) is 0. The van der Waals surface area contributed by atoms with Gasteiger partial charge >= 0.3 is 0 Å². The molecule has 1 aromatic carbocycles. The number of morpholine rings is 1. The first kappa shape index (κ1) is 22.4. The van der Waals surface area contributed by atoms with Crippen LogP contribution < -0.4 is 0 Å². The van der Waals surface area contributed by atoms with Crippen LogP contribution in [0.4, 0.5) is 0 Å². The minimum absolute atomic E-state index is 0.0589. The Morgan fingerprint density at radius 3 is 2.69 bits per heavy atom. The third-order valence-corrected chi connectivity index (χ3v) is 6.17. The molecule has 0 aliphatic carbocycles. The Hall–Kier alpha value is -2.78. The van der Waals surface area contributed by atoms with Crippen LogP contribution in [0.1, 0.15) is 25.7 Å². The Bertz CT molecular complexity index is 897. The van der Waals surface area contributed by atoms with Crippen LogP contribution in [-0.2, 0) is 20.7 Å². The quantitative estimate of drug-likeness (QED) is 0.612. The van der Waals surface area contributed by atoms with Crippen molar-refractivity contribution in [1.29, 1.82) is 0 Å². The molecule has 32 heavy (non-hydrogen) atoms. The lowest BCUT2D eigenvalue weighted by Crippen LogP contribution is -2.47. The molecule has 0 N–H and O–H groups in total. The van der Waals surface area contributed by atoms with Gasteiger partial charge in [0.25, 0.3) is 0 Å². The molecule has 0 saturated carbocycles. The number of hydrogen-bond acceptors (Lipinski definition) is 7. The van der Waals surface area contributed by atoms with Gasteiger partial charge in [-0.25, -0.2) is 0 Å². The van der Waals surface area contributed by atoms with E-state index in [1.165, 1.54) is 0 Å². The van der Waals surface area contributed by atoms with Crippen LogP contribution in [0.2, 0.25) is 0 Å². The van der Waals surface area contributed by atoms with Crippen molar-refractivity contribution >= 4 is 11.8 Å². The van der Waals surface area contributed by atoms with E-state index in [4.69, 9.17) is 9.26 Å². The smallest absolute Gasteiger partial charge is 0.227 e. The number of aryl methyl sites for hydroxylation is 1. The maximum Gasteiger partial charge on any atom is 0.227 e. The average molecular weight is 442 g/mol. The van der Waals surface area contributed by atoms with Crippen LogP contribution in [0.15, 0.2) is 34.9 Å². The lowest BCUT2D eigenvalue weighted by molar-refractivity contribution is -0.133. The zero-order valence-corrected chi connectivity index (χ0v) is 18.6. The topological polar surface area (TPSA) is 92.0 Å². The average Bonchev–Trinajstić information content (AvgIpc) is 3.49. The number of nitrogens with zero attached hydrogens (tertiary/aromatic N) is 5. The molecule has 2 aliphatic heterocycles. The number of benzene rings is 1. The van der Waals surface area contributed by atoms with Crippen molar-refractivity contribution in [3.63, 3.8) is 0 Å². The molecular weight excluding hydrogens is 410 g/mol. The van der Waals surface area contributed by atoms with Gasteiger partial charge in [-0.2, -0.15) is 4.98 Å². The van der Waals surface area contributed by atoms with E-state index in [1.807, 2.05) is 40.1 Å². The highest BCUT2D eigenvalue weighted by Crippen LogP contribution is 2.19. The Morgan fingerprint density at radius 2 is 1.94 bits per heavy atom. The Balaban J connectivity index is 1.25. The SMILES string of the molecule is CC(=O)N(CCN1CCOCC1)C1CCN(C(=O)CCc2nc(-c3ccccc3)no2)C1. The van der Waals surface area contributed by atoms with Crippen molar-refractivity contribution in [1.82, 2.24) is 24.8 Å². The van der Waals surface area contributed by atoms with Gasteiger partial charge in [0, 0.05) is 64.6 Å². The van der Waals surface area contributed by atoms with Crippen LogP contribution in [0.25, 0.3) is 11.4 Å². The minimum atomic E-state index is 0.0589. The van der Waals surface area contributed by atoms with Gasteiger partial charge in [-0.1, -0.05) is 35.5 Å². The third kappa shape index (κ3) is 5.72. The molecule has 172 valence electrons. The summed E-state index contributed by atoms with van der Waals surface area (Å²) in [6.45, 7) is 7.71. The molecule has 2 saturated heterocycles. The number of hydrogen-bond donors (Lipinski definition) is 0. The zero-order valence-electron chi connectivity index (χ0n) is 18.6. The number of carbonyl (C=O) groups is 2. The first-order valence-electron chi connectivity index (χ1n) is 11.3. The molecular formula is C23H31N5O4. The number of likely N-dealkylation sites (tertiary alicyclic amines) is 1. The lowest BCUT2D eigenvalue weighted by atomic mass is 10.2. The fourth-order valence-electron chi connectivity index (χ4n) is 4.33. The highest BCUT2D eigenvalue weighted by molar-refractivity contribution is 5.77. The molecule has 0 bridgehead atoms. The molecule has 9 nitrogen and oxygen atoms in total. The van der Waals surface area contributed by atoms with Gasteiger partial charge < -0.3 is 19.1 Å². The van der Waals surface area contributed by atoms with Crippen molar-refractivity contribution in [2.45, 2.75) is 32.2 Å². The summed E-state index contributed by atoms with van der Waals surface area (Å²) < 4.78 is 10.7. The molecule has 0 radical (unpaired) electrons. The predicted molar refractivity (Wildman–Crippen MR) is 118 cm³/mol. The maximum atomic E-state index is 12.7. The highest BCUT2D eigenvalue weighted by Gasteiger charge is 2.32. The van der Waals surface area contributed by atoms with E-state index in [0.29, 0.717) is 44.2 Å². The second-order valence-corrected chi connectivity index (χ2v) is 8.33. The third-order valence-electron chi connectivity index (χ3n) is 6.17. The molecule has 1 unspecified atom stereocenters. The fourth-order valence-corrected chi connectivity index (χ4v) is 4.33. The van der Waals surface area contributed by atoms with E-state index in [2.05, 4.69) is 15.0 Å². The van der Waals surface area contributed by atoms with E-state index in [1.54, 1.807) is 6.92 Å². The predicted octanol–water partition coefficient (Wildman–Crippen LogP) is 1.45. The van der Waals surface area contributed by atoms with Crippen molar-refractivity contribution in [2.24, 2.45) is 0 Å². The molecule has 0 spiro atoms. The van der Waals surface area contributed by atoms with Gasteiger partial charge in [0.15, 0.2) is 0 Å². The summed E-state index contributed by atoms with van der Waals surface area (Å²) in [6, 6.07) is 9.69. The highest BCUT2D eigenvalue weighted by atomic mass is 16.5. The van der Waals surface area contributed by atoms with E-state index in [9.17, 15) is 9.59 Å². The van der Waals surface area contributed by atoms with E-state index in [-0.39, 0.29) is 17.9 Å². The number of aromatic nitrogens is 2. The van der Waals surface area contributed by atoms with Gasteiger partial charge in [0.1, 0.15) is 0 Å². The van der Waals surface area contributed by atoms with Gasteiger partial charge in [-0.15, -0.1) is 0 Å². The number of ether oxygens (including phenoxy) is 1. The van der Waals surface area contributed by atoms with Crippen LogP contribution in [0.3, 0.4) is 0 Å². The largest absolute Gasteiger partial charge is 0.379 e. The summed E-state index contributed by atoms with van der Waals surface area (Å²) in [4.78, 5) is 35.5. The van der Waals surface area contributed by atoms with Gasteiger partial charge in [0.2, 0.25) is 23.5 Å². The molecule has 3 heterocycles. The molecule has 9 heteroatoms. The number of carbonyl (C=O) groups excluding carboxylic acids is 2. The lowest BCUT2D eigenvalue weighted by Gasteiger charge is -2.32. The zero-order chi connectivity index (χ0) is 22.3. The molecule has 1 aromatic heterocycles. The van der Waals surface area contributed by atoms with Crippen LogP contribution >= 0.6 is 0 Å². The molecule has 1 atom stereocenters. The van der Waals surface area contributed by atoms with E-state index < -0.39 is 0 Å². The summed E-state index contributed by atoms with van der Waals surface area (Å²) >= 11 is 0. The fraction of sp³-hybridized carbons (Fsp3) is 0.565. The Morgan fingerprint density at radius 1 is 1.16 bits per heavy atom. The standard InChI is InChI=1S/C23H31N5O4/c1-18(29)28(12-11-26-13-15-31-16-14-26)20-9-10-27(17-20)22(30)8-7-21-24-23(25-32-21)19-5-3-2-4-6-19/h2-6,20H,7-17H2,1H3. The van der Waals surface area contributed by atoms with Gasteiger partial charge in [-0.05, 0) is 6.42 Å².